The zero-order valence-corrected chi connectivity index (χ0v) is 11.6. The van der Waals surface area contributed by atoms with E-state index in [9.17, 15) is 4.79 Å². The van der Waals surface area contributed by atoms with E-state index >= 15 is 0 Å². The van der Waals surface area contributed by atoms with Gasteiger partial charge in [-0.05, 0) is 30.4 Å². The second kappa shape index (κ2) is 5.55. The minimum atomic E-state index is 0.0526. The number of para-hydroxylation sites is 1. The molecule has 1 amide bonds. The predicted octanol–water partition coefficient (Wildman–Crippen LogP) is 4.25. The van der Waals surface area contributed by atoms with Crippen molar-refractivity contribution in [2.24, 2.45) is 5.92 Å². The number of rotatable bonds is 5. The standard InChI is InChI=1S/C16H23NO/c1-4-5-6-8-11(2)14-13-10-7-9-12(3)15(13)17-16(14)18/h7,9-11,14H,4-6,8H2,1-3H3,(H,17,18). The lowest BCUT2D eigenvalue weighted by molar-refractivity contribution is -0.118. The number of carbonyl (C=O) groups is 1. The van der Waals surface area contributed by atoms with E-state index in [-0.39, 0.29) is 11.8 Å². The summed E-state index contributed by atoms with van der Waals surface area (Å²) in [6.45, 7) is 6.48. The van der Waals surface area contributed by atoms with Crippen molar-refractivity contribution < 1.29 is 4.79 Å². The van der Waals surface area contributed by atoms with E-state index in [2.05, 4.69) is 44.3 Å². The van der Waals surface area contributed by atoms with E-state index in [4.69, 9.17) is 0 Å². The number of amides is 1. The molecular weight excluding hydrogens is 222 g/mol. The van der Waals surface area contributed by atoms with Crippen molar-refractivity contribution >= 4 is 11.6 Å². The highest BCUT2D eigenvalue weighted by Crippen LogP contribution is 2.40. The predicted molar refractivity (Wildman–Crippen MR) is 75.9 cm³/mol. The van der Waals surface area contributed by atoms with Crippen LogP contribution in [0.3, 0.4) is 0 Å². The smallest absolute Gasteiger partial charge is 0.232 e. The molecule has 1 aromatic carbocycles. The number of nitrogens with one attached hydrogen (secondary N) is 1. The molecule has 2 rings (SSSR count). The van der Waals surface area contributed by atoms with Crippen LogP contribution in [-0.4, -0.2) is 5.91 Å². The number of carbonyl (C=O) groups excluding carboxylic acids is 1. The van der Waals surface area contributed by atoms with E-state index in [1.807, 2.05) is 0 Å². The van der Waals surface area contributed by atoms with Gasteiger partial charge in [0.25, 0.3) is 0 Å². The first-order valence-corrected chi connectivity index (χ1v) is 7.05. The highest BCUT2D eigenvalue weighted by Gasteiger charge is 2.34. The van der Waals surface area contributed by atoms with Crippen LogP contribution in [0, 0.1) is 12.8 Å². The fourth-order valence-electron chi connectivity index (χ4n) is 2.91. The fourth-order valence-corrected chi connectivity index (χ4v) is 2.91. The first kappa shape index (κ1) is 13.1. The molecule has 0 saturated carbocycles. The van der Waals surface area contributed by atoms with Gasteiger partial charge in [0.05, 0.1) is 5.92 Å². The normalized spacial score (nSPS) is 19.5. The molecule has 1 aromatic rings. The number of benzene rings is 1. The first-order chi connectivity index (χ1) is 8.65. The second-order valence-electron chi connectivity index (χ2n) is 5.48. The van der Waals surface area contributed by atoms with Crippen LogP contribution in [0.4, 0.5) is 5.69 Å². The lowest BCUT2D eigenvalue weighted by Crippen LogP contribution is -2.18. The molecule has 2 unspecified atom stereocenters. The van der Waals surface area contributed by atoms with Gasteiger partial charge in [-0.1, -0.05) is 51.3 Å². The van der Waals surface area contributed by atoms with Crippen molar-refractivity contribution in [3.63, 3.8) is 0 Å². The summed E-state index contributed by atoms with van der Waals surface area (Å²) in [6.07, 6.45) is 4.86. The Bertz CT molecular complexity index is 439. The molecule has 2 nitrogen and oxygen atoms in total. The average Bonchev–Trinajstić information content (AvgIpc) is 2.67. The number of unbranched alkanes of at least 4 members (excludes halogenated alkanes) is 2. The van der Waals surface area contributed by atoms with Crippen LogP contribution in [0.1, 0.15) is 56.6 Å². The number of fused-ring (bicyclic) bond motifs is 1. The van der Waals surface area contributed by atoms with Gasteiger partial charge in [0.1, 0.15) is 0 Å². The van der Waals surface area contributed by atoms with Crippen LogP contribution in [0.25, 0.3) is 0 Å². The van der Waals surface area contributed by atoms with Crippen molar-refractivity contribution in [2.75, 3.05) is 5.32 Å². The number of anilines is 1. The van der Waals surface area contributed by atoms with Crippen LogP contribution >= 0.6 is 0 Å². The molecule has 2 heteroatoms. The Morgan fingerprint density at radius 1 is 1.33 bits per heavy atom. The van der Waals surface area contributed by atoms with Crippen molar-refractivity contribution in [1.82, 2.24) is 0 Å². The number of hydrogen-bond acceptors (Lipinski definition) is 1. The third-order valence-corrected chi connectivity index (χ3v) is 4.00. The van der Waals surface area contributed by atoms with E-state index in [0.717, 1.165) is 12.1 Å². The van der Waals surface area contributed by atoms with Gasteiger partial charge in [-0.2, -0.15) is 0 Å². The van der Waals surface area contributed by atoms with Crippen molar-refractivity contribution in [1.29, 1.82) is 0 Å². The Labute approximate surface area is 110 Å². The lowest BCUT2D eigenvalue weighted by Gasteiger charge is -2.17. The molecule has 1 N–H and O–H groups in total. The minimum Gasteiger partial charge on any atom is -0.325 e. The quantitative estimate of drug-likeness (QED) is 0.772. The Hall–Kier alpha value is -1.31. The van der Waals surface area contributed by atoms with Crippen molar-refractivity contribution in [2.45, 2.75) is 52.4 Å². The maximum Gasteiger partial charge on any atom is 0.232 e. The third-order valence-electron chi connectivity index (χ3n) is 4.00. The topological polar surface area (TPSA) is 29.1 Å². The van der Waals surface area contributed by atoms with E-state index in [1.165, 1.54) is 30.4 Å². The Morgan fingerprint density at radius 2 is 2.11 bits per heavy atom. The average molecular weight is 245 g/mol. The van der Waals surface area contributed by atoms with Crippen LogP contribution in [0.2, 0.25) is 0 Å². The monoisotopic (exact) mass is 245 g/mol. The first-order valence-electron chi connectivity index (χ1n) is 7.05. The summed E-state index contributed by atoms with van der Waals surface area (Å²) < 4.78 is 0. The van der Waals surface area contributed by atoms with Crippen molar-refractivity contribution in [3.05, 3.63) is 29.3 Å². The molecule has 0 aromatic heterocycles. The molecule has 0 fully saturated rings. The third kappa shape index (κ3) is 2.43. The Balaban J connectivity index is 2.15. The van der Waals surface area contributed by atoms with Gasteiger partial charge in [0.15, 0.2) is 0 Å². The summed E-state index contributed by atoms with van der Waals surface area (Å²) in [4.78, 5) is 12.1. The van der Waals surface area contributed by atoms with Crippen LogP contribution in [0.5, 0.6) is 0 Å². The molecule has 98 valence electrons. The van der Waals surface area contributed by atoms with Gasteiger partial charge in [0.2, 0.25) is 5.91 Å². The van der Waals surface area contributed by atoms with Crippen LogP contribution in [-0.2, 0) is 4.79 Å². The van der Waals surface area contributed by atoms with Gasteiger partial charge in [-0.25, -0.2) is 0 Å². The van der Waals surface area contributed by atoms with Gasteiger partial charge in [0, 0.05) is 5.69 Å². The molecule has 0 saturated heterocycles. The highest BCUT2D eigenvalue weighted by atomic mass is 16.2. The number of hydrogen-bond donors (Lipinski definition) is 1. The zero-order chi connectivity index (χ0) is 13.1. The summed E-state index contributed by atoms with van der Waals surface area (Å²) in [6, 6.07) is 6.21. The van der Waals surface area contributed by atoms with Gasteiger partial charge >= 0.3 is 0 Å². The Kier molecular flexibility index (Phi) is 4.05. The molecule has 18 heavy (non-hydrogen) atoms. The molecule has 1 aliphatic heterocycles. The summed E-state index contributed by atoms with van der Waals surface area (Å²) in [7, 11) is 0. The van der Waals surface area contributed by atoms with E-state index < -0.39 is 0 Å². The Morgan fingerprint density at radius 3 is 2.83 bits per heavy atom. The van der Waals surface area contributed by atoms with Gasteiger partial charge in [-0.15, -0.1) is 0 Å². The molecule has 0 bridgehead atoms. The minimum absolute atomic E-state index is 0.0526. The largest absolute Gasteiger partial charge is 0.325 e. The molecule has 2 atom stereocenters. The second-order valence-corrected chi connectivity index (χ2v) is 5.48. The zero-order valence-electron chi connectivity index (χ0n) is 11.6. The van der Waals surface area contributed by atoms with Gasteiger partial charge < -0.3 is 5.32 Å². The maximum atomic E-state index is 12.1. The summed E-state index contributed by atoms with van der Waals surface area (Å²) in [5.41, 5.74) is 3.42. The molecular formula is C16H23NO. The SMILES string of the molecule is CCCCCC(C)C1C(=O)Nc2c(C)cccc21. The summed E-state index contributed by atoms with van der Waals surface area (Å²) in [5.74, 6) is 0.666. The van der Waals surface area contributed by atoms with Crippen LogP contribution < -0.4 is 5.32 Å². The highest BCUT2D eigenvalue weighted by molar-refractivity contribution is 6.03. The molecule has 1 heterocycles. The van der Waals surface area contributed by atoms with Crippen molar-refractivity contribution in [3.8, 4) is 0 Å². The van der Waals surface area contributed by atoms with Gasteiger partial charge in [-0.3, -0.25) is 4.79 Å². The summed E-state index contributed by atoms with van der Waals surface area (Å²) in [5, 5.41) is 3.05. The maximum absolute atomic E-state index is 12.1. The molecule has 0 aliphatic carbocycles. The van der Waals surface area contributed by atoms with E-state index in [0.29, 0.717) is 5.92 Å². The molecule has 0 radical (unpaired) electrons. The van der Waals surface area contributed by atoms with E-state index in [1.54, 1.807) is 0 Å². The van der Waals surface area contributed by atoms with Crippen LogP contribution in [0.15, 0.2) is 18.2 Å². The molecule has 1 aliphatic rings. The fraction of sp³-hybridized carbons (Fsp3) is 0.562. The summed E-state index contributed by atoms with van der Waals surface area (Å²) >= 11 is 0. The molecule has 0 spiro atoms. The lowest BCUT2D eigenvalue weighted by atomic mass is 9.84. The number of aryl methyl sites for hydroxylation is 1.